The van der Waals surface area contributed by atoms with E-state index < -0.39 is 9.84 Å². The highest BCUT2D eigenvalue weighted by molar-refractivity contribution is 7.91. The summed E-state index contributed by atoms with van der Waals surface area (Å²) in [4.78, 5) is 19.8. The van der Waals surface area contributed by atoms with Gasteiger partial charge in [-0.15, -0.1) is 11.3 Å². The van der Waals surface area contributed by atoms with Gasteiger partial charge in [-0.2, -0.15) is 0 Å². The highest BCUT2D eigenvalue weighted by Crippen LogP contribution is 2.30. The number of carbonyl (C=O) groups is 1. The molecule has 1 saturated carbocycles. The van der Waals surface area contributed by atoms with Gasteiger partial charge in [0.1, 0.15) is 4.88 Å². The van der Waals surface area contributed by atoms with E-state index in [4.69, 9.17) is 0 Å². The predicted octanol–water partition coefficient (Wildman–Crippen LogP) is 2.41. The quantitative estimate of drug-likeness (QED) is 0.846. The average molecular weight is 342 g/mol. The summed E-state index contributed by atoms with van der Waals surface area (Å²) in [7, 11) is -3.00. The van der Waals surface area contributed by atoms with Crippen molar-refractivity contribution in [2.24, 2.45) is 0 Å². The van der Waals surface area contributed by atoms with E-state index in [2.05, 4.69) is 4.98 Å². The molecule has 22 heavy (non-hydrogen) atoms. The SMILES string of the molecule is Cc1ncsc1C(=O)N(C1CCCCC1)[C@H]1CCS(=O)(=O)C1. The minimum atomic E-state index is -3.00. The number of hydrogen-bond acceptors (Lipinski definition) is 5. The fraction of sp³-hybridized carbons (Fsp3) is 0.733. The number of sulfone groups is 1. The molecule has 1 amide bonds. The van der Waals surface area contributed by atoms with Gasteiger partial charge in [-0.25, -0.2) is 13.4 Å². The van der Waals surface area contributed by atoms with Crippen LogP contribution < -0.4 is 0 Å². The van der Waals surface area contributed by atoms with Crippen LogP contribution in [0.15, 0.2) is 5.51 Å². The second kappa shape index (κ2) is 6.28. The zero-order chi connectivity index (χ0) is 15.7. The molecule has 0 N–H and O–H groups in total. The van der Waals surface area contributed by atoms with Gasteiger partial charge in [-0.05, 0) is 26.2 Å². The van der Waals surface area contributed by atoms with Crippen LogP contribution >= 0.6 is 11.3 Å². The third-order valence-corrected chi connectivity index (χ3v) is 7.41. The smallest absolute Gasteiger partial charge is 0.266 e. The van der Waals surface area contributed by atoms with Gasteiger partial charge in [0, 0.05) is 12.1 Å². The Morgan fingerprint density at radius 3 is 2.50 bits per heavy atom. The summed E-state index contributed by atoms with van der Waals surface area (Å²) in [5.41, 5.74) is 2.43. The molecular formula is C15H22N2O3S2. The number of carbonyl (C=O) groups excluding carboxylic acids is 1. The Labute approximate surface area is 135 Å². The maximum atomic E-state index is 13.0. The van der Waals surface area contributed by atoms with Crippen molar-refractivity contribution in [2.75, 3.05) is 11.5 Å². The lowest BCUT2D eigenvalue weighted by Crippen LogP contribution is -2.48. The lowest BCUT2D eigenvalue weighted by atomic mass is 9.92. The molecule has 1 aliphatic carbocycles. The Bertz CT molecular complexity index is 647. The zero-order valence-electron chi connectivity index (χ0n) is 12.8. The molecule has 0 aromatic carbocycles. The van der Waals surface area contributed by atoms with Crippen molar-refractivity contribution >= 4 is 27.1 Å². The van der Waals surface area contributed by atoms with Crippen molar-refractivity contribution < 1.29 is 13.2 Å². The molecule has 0 radical (unpaired) electrons. The minimum absolute atomic E-state index is 0.0194. The molecule has 2 aliphatic rings. The lowest BCUT2D eigenvalue weighted by Gasteiger charge is -2.38. The summed E-state index contributed by atoms with van der Waals surface area (Å²) in [6.07, 6.45) is 6.00. The first-order chi connectivity index (χ1) is 10.5. The van der Waals surface area contributed by atoms with Crippen LogP contribution in [0.4, 0.5) is 0 Å². The molecule has 0 spiro atoms. The van der Waals surface area contributed by atoms with Crippen LogP contribution in [-0.2, 0) is 9.84 Å². The number of aryl methyl sites for hydroxylation is 1. The van der Waals surface area contributed by atoms with E-state index >= 15 is 0 Å². The third-order valence-electron chi connectivity index (χ3n) is 4.74. The molecule has 1 saturated heterocycles. The number of nitrogens with zero attached hydrogens (tertiary/aromatic N) is 2. The zero-order valence-corrected chi connectivity index (χ0v) is 14.5. The van der Waals surface area contributed by atoms with E-state index in [9.17, 15) is 13.2 Å². The summed E-state index contributed by atoms with van der Waals surface area (Å²) >= 11 is 1.36. The highest BCUT2D eigenvalue weighted by atomic mass is 32.2. The average Bonchev–Trinajstić information content (AvgIpc) is 3.06. The van der Waals surface area contributed by atoms with Crippen molar-refractivity contribution in [1.82, 2.24) is 9.88 Å². The Morgan fingerprint density at radius 2 is 1.95 bits per heavy atom. The molecule has 0 unspecified atom stereocenters. The largest absolute Gasteiger partial charge is 0.331 e. The van der Waals surface area contributed by atoms with Crippen LogP contribution in [0.3, 0.4) is 0 Å². The molecule has 0 bridgehead atoms. The molecule has 7 heteroatoms. The van der Waals surface area contributed by atoms with E-state index in [1.807, 2.05) is 11.8 Å². The molecule has 3 rings (SSSR count). The Hall–Kier alpha value is -0.950. The molecule has 2 heterocycles. The number of aromatic nitrogens is 1. The fourth-order valence-corrected chi connectivity index (χ4v) is 6.07. The molecule has 5 nitrogen and oxygen atoms in total. The molecule has 122 valence electrons. The summed E-state index contributed by atoms with van der Waals surface area (Å²) < 4.78 is 23.7. The molecule has 2 fully saturated rings. The van der Waals surface area contributed by atoms with E-state index in [-0.39, 0.29) is 29.5 Å². The first kappa shape index (κ1) is 15.9. The van der Waals surface area contributed by atoms with E-state index in [1.54, 1.807) is 5.51 Å². The second-order valence-corrected chi connectivity index (χ2v) is 9.41. The van der Waals surface area contributed by atoms with Crippen LogP contribution in [-0.4, -0.2) is 47.8 Å². The van der Waals surface area contributed by atoms with E-state index in [0.717, 1.165) is 31.4 Å². The van der Waals surface area contributed by atoms with Crippen molar-refractivity contribution in [3.63, 3.8) is 0 Å². The van der Waals surface area contributed by atoms with Crippen LogP contribution in [0.1, 0.15) is 53.9 Å². The lowest BCUT2D eigenvalue weighted by molar-refractivity contribution is 0.0546. The number of amides is 1. The van der Waals surface area contributed by atoms with Crippen molar-refractivity contribution in [3.8, 4) is 0 Å². The van der Waals surface area contributed by atoms with Gasteiger partial charge >= 0.3 is 0 Å². The predicted molar refractivity (Wildman–Crippen MR) is 87.0 cm³/mol. The number of rotatable bonds is 3. The van der Waals surface area contributed by atoms with Gasteiger partial charge in [0.2, 0.25) is 0 Å². The van der Waals surface area contributed by atoms with Gasteiger partial charge in [-0.3, -0.25) is 4.79 Å². The van der Waals surface area contributed by atoms with Crippen molar-refractivity contribution in [1.29, 1.82) is 0 Å². The summed E-state index contributed by atoms with van der Waals surface area (Å²) in [5.74, 6) is 0.303. The Balaban J connectivity index is 1.89. The van der Waals surface area contributed by atoms with Crippen LogP contribution in [0.2, 0.25) is 0 Å². The molecular weight excluding hydrogens is 320 g/mol. The van der Waals surface area contributed by atoms with Gasteiger partial charge in [0.05, 0.1) is 22.7 Å². The maximum absolute atomic E-state index is 13.0. The summed E-state index contributed by atoms with van der Waals surface area (Å²) in [5, 5.41) is 0. The Morgan fingerprint density at radius 1 is 1.23 bits per heavy atom. The highest BCUT2D eigenvalue weighted by Gasteiger charge is 2.39. The normalized spacial score (nSPS) is 25.2. The first-order valence-electron chi connectivity index (χ1n) is 7.91. The third kappa shape index (κ3) is 3.20. The summed E-state index contributed by atoms with van der Waals surface area (Å²) in [6.45, 7) is 1.84. The van der Waals surface area contributed by atoms with Gasteiger partial charge in [0.25, 0.3) is 5.91 Å². The van der Waals surface area contributed by atoms with E-state index in [0.29, 0.717) is 11.3 Å². The molecule has 1 aliphatic heterocycles. The maximum Gasteiger partial charge on any atom is 0.266 e. The molecule has 1 atom stereocenters. The van der Waals surface area contributed by atoms with Crippen molar-refractivity contribution in [2.45, 2.75) is 57.5 Å². The van der Waals surface area contributed by atoms with Gasteiger partial charge < -0.3 is 4.90 Å². The van der Waals surface area contributed by atoms with Crippen molar-refractivity contribution in [3.05, 3.63) is 16.1 Å². The summed E-state index contributed by atoms with van der Waals surface area (Å²) in [6, 6.07) is 0.0168. The minimum Gasteiger partial charge on any atom is -0.331 e. The van der Waals surface area contributed by atoms with E-state index in [1.165, 1.54) is 17.8 Å². The van der Waals surface area contributed by atoms with Crippen LogP contribution in [0.25, 0.3) is 0 Å². The standard InChI is InChI=1S/C15H22N2O3S2/c1-11-14(21-10-16-11)15(18)17(12-5-3-2-4-6-12)13-7-8-22(19,20)9-13/h10,12-13H,2-9H2,1H3/t13-/m0/s1. The van der Waals surface area contributed by atoms with Gasteiger partial charge in [-0.1, -0.05) is 19.3 Å². The Kier molecular flexibility index (Phi) is 4.54. The van der Waals surface area contributed by atoms with Crippen LogP contribution in [0, 0.1) is 6.92 Å². The number of hydrogen-bond donors (Lipinski definition) is 0. The molecule has 1 aromatic rings. The number of thiazole rings is 1. The van der Waals surface area contributed by atoms with Crippen LogP contribution in [0.5, 0.6) is 0 Å². The molecule has 1 aromatic heterocycles. The fourth-order valence-electron chi connectivity index (χ4n) is 3.61. The first-order valence-corrected chi connectivity index (χ1v) is 10.6. The topological polar surface area (TPSA) is 67.3 Å². The van der Waals surface area contributed by atoms with Gasteiger partial charge in [0.15, 0.2) is 9.84 Å². The monoisotopic (exact) mass is 342 g/mol. The second-order valence-electron chi connectivity index (χ2n) is 6.33.